The lowest BCUT2D eigenvalue weighted by atomic mass is 10.1. The predicted octanol–water partition coefficient (Wildman–Crippen LogP) is 2.09. The summed E-state index contributed by atoms with van der Waals surface area (Å²) in [5, 5.41) is 14.5. The van der Waals surface area contributed by atoms with E-state index in [-0.39, 0.29) is 6.04 Å². The minimum atomic E-state index is -0.540. The van der Waals surface area contributed by atoms with Crippen LogP contribution in [0.1, 0.15) is 23.3 Å². The van der Waals surface area contributed by atoms with Crippen LogP contribution < -0.4 is 5.32 Å². The SMILES string of the molecule is Cn1ccnc1C(NCC(O)Cc1cccc(Cl)c1)c1nccn1C. The molecule has 1 atom stereocenters. The lowest BCUT2D eigenvalue weighted by molar-refractivity contribution is 0.168. The standard InChI is InChI=1S/C18H22ClN5O/c1-23-8-6-20-17(23)16(18-21-7-9-24(18)2)22-12-15(25)11-13-4-3-5-14(19)10-13/h3-10,15-16,22,25H,11-12H2,1-2H3. The zero-order valence-electron chi connectivity index (χ0n) is 14.3. The molecule has 3 rings (SSSR count). The summed E-state index contributed by atoms with van der Waals surface area (Å²) in [6, 6.07) is 7.36. The molecule has 0 aliphatic rings. The highest BCUT2D eigenvalue weighted by molar-refractivity contribution is 6.30. The molecule has 0 radical (unpaired) electrons. The molecule has 0 aliphatic heterocycles. The fraction of sp³-hybridized carbons (Fsp3) is 0.333. The van der Waals surface area contributed by atoms with Gasteiger partial charge in [0.2, 0.25) is 0 Å². The summed E-state index contributed by atoms with van der Waals surface area (Å²) in [4.78, 5) is 8.87. The van der Waals surface area contributed by atoms with Crippen LogP contribution in [0, 0.1) is 0 Å². The predicted molar refractivity (Wildman–Crippen MR) is 97.4 cm³/mol. The van der Waals surface area contributed by atoms with Crippen molar-refractivity contribution in [3.8, 4) is 0 Å². The third-order valence-electron chi connectivity index (χ3n) is 4.15. The monoisotopic (exact) mass is 359 g/mol. The second kappa shape index (κ2) is 7.82. The molecule has 7 heteroatoms. The number of nitrogens with one attached hydrogen (secondary N) is 1. The Morgan fingerprint density at radius 3 is 2.28 bits per heavy atom. The molecule has 2 heterocycles. The maximum atomic E-state index is 10.4. The van der Waals surface area contributed by atoms with E-state index in [4.69, 9.17) is 11.6 Å². The quantitative estimate of drug-likeness (QED) is 0.678. The highest BCUT2D eigenvalue weighted by Crippen LogP contribution is 2.19. The molecule has 0 spiro atoms. The molecule has 1 unspecified atom stereocenters. The Morgan fingerprint density at radius 2 is 1.76 bits per heavy atom. The molecule has 0 saturated carbocycles. The number of aromatic nitrogens is 4. The summed E-state index contributed by atoms with van der Waals surface area (Å²) in [5.74, 6) is 1.70. The van der Waals surface area contributed by atoms with Gasteiger partial charge in [-0.15, -0.1) is 0 Å². The second-order valence-corrected chi connectivity index (χ2v) is 6.56. The molecule has 2 N–H and O–H groups in total. The van der Waals surface area contributed by atoms with Crippen LogP contribution in [0.2, 0.25) is 5.02 Å². The smallest absolute Gasteiger partial charge is 0.133 e. The van der Waals surface area contributed by atoms with Crippen molar-refractivity contribution in [3.63, 3.8) is 0 Å². The third-order valence-corrected chi connectivity index (χ3v) is 4.39. The van der Waals surface area contributed by atoms with Crippen molar-refractivity contribution in [1.29, 1.82) is 0 Å². The summed E-state index contributed by atoms with van der Waals surface area (Å²) >= 11 is 6.01. The van der Waals surface area contributed by atoms with Gasteiger partial charge in [0, 0.05) is 50.5 Å². The van der Waals surface area contributed by atoms with Crippen molar-refractivity contribution >= 4 is 11.6 Å². The first-order valence-electron chi connectivity index (χ1n) is 8.15. The number of rotatable bonds is 7. The molecule has 1 aromatic carbocycles. The summed E-state index contributed by atoms with van der Waals surface area (Å²) in [7, 11) is 3.89. The number of hydrogen-bond acceptors (Lipinski definition) is 4. The van der Waals surface area contributed by atoms with Gasteiger partial charge >= 0.3 is 0 Å². The number of aliphatic hydroxyl groups is 1. The minimum absolute atomic E-state index is 0.200. The summed E-state index contributed by atoms with van der Waals surface area (Å²) in [6.45, 7) is 0.414. The lowest BCUT2D eigenvalue weighted by Crippen LogP contribution is -2.34. The molecular weight excluding hydrogens is 338 g/mol. The van der Waals surface area contributed by atoms with Crippen molar-refractivity contribution in [2.45, 2.75) is 18.6 Å². The van der Waals surface area contributed by atoms with Crippen LogP contribution in [-0.2, 0) is 20.5 Å². The second-order valence-electron chi connectivity index (χ2n) is 6.12. The molecule has 0 saturated heterocycles. The Bertz CT molecular complexity index is 788. The van der Waals surface area contributed by atoms with E-state index in [0.29, 0.717) is 18.0 Å². The molecule has 0 bridgehead atoms. The van der Waals surface area contributed by atoms with Crippen molar-refractivity contribution in [2.24, 2.45) is 14.1 Å². The lowest BCUT2D eigenvalue weighted by Gasteiger charge is -2.20. The van der Waals surface area contributed by atoms with Crippen molar-refractivity contribution in [1.82, 2.24) is 24.4 Å². The van der Waals surface area contributed by atoms with Crippen LogP contribution in [0.25, 0.3) is 0 Å². The Balaban J connectivity index is 1.71. The van der Waals surface area contributed by atoms with Gasteiger partial charge in [0.25, 0.3) is 0 Å². The first-order valence-corrected chi connectivity index (χ1v) is 8.52. The number of aryl methyl sites for hydroxylation is 2. The molecule has 0 amide bonds. The average molecular weight is 360 g/mol. The topological polar surface area (TPSA) is 67.9 Å². The zero-order chi connectivity index (χ0) is 17.8. The van der Waals surface area contributed by atoms with Gasteiger partial charge in [0.1, 0.15) is 17.7 Å². The first kappa shape index (κ1) is 17.7. The van der Waals surface area contributed by atoms with Crippen LogP contribution in [0.15, 0.2) is 49.1 Å². The highest BCUT2D eigenvalue weighted by atomic mass is 35.5. The molecule has 3 aromatic rings. The first-order chi connectivity index (χ1) is 12.0. The number of nitrogens with zero attached hydrogens (tertiary/aromatic N) is 4. The molecule has 0 aliphatic carbocycles. The summed E-state index contributed by atoms with van der Waals surface area (Å²) < 4.78 is 3.91. The average Bonchev–Trinajstić information content (AvgIpc) is 3.17. The van der Waals surface area contributed by atoms with Crippen LogP contribution in [0.3, 0.4) is 0 Å². The normalized spacial score (nSPS) is 12.7. The van der Waals surface area contributed by atoms with E-state index < -0.39 is 6.10 Å². The van der Waals surface area contributed by atoms with Crippen LogP contribution in [0.5, 0.6) is 0 Å². The number of hydrogen-bond donors (Lipinski definition) is 2. The van der Waals surface area contributed by atoms with Gasteiger partial charge in [-0.3, -0.25) is 5.32 Å². The van der Waals surface area contributed by atoms with E-state index in [1.165, 1.54) is 0 Å². The van der Waals surface area contributed by atoms with E-state index in [9.17, 15) is 5.11 Å². The van der Waals surface area contributed by atoms with Crippen LogP contribution in [0.4, 0.5) is 0 Å². The van der Waals surface area contributed by atoms with Gasteiger partial charge in [-0.25, -0.2) is 9.97 Å². The van der Waals surface area contributed by atoms with Gasteiger partial charge in [-0.05, 0) is 24.1 Å². The number of imidazole rings is 2. The highest BCUT2D eigenvalue weighted by Gasteiger charge is 2.22. The van der Waals surface area contributed by atoms with E-state index in [1.54, 1.807) is 12.4 Å². The summed E-state index contributed by atoms with van der Waals surface area (Å²) in [5.41, 5.74) is 1.01. The van der Waals surface area contributed by atoms with E-state index >= 15 is 0 Å². The number of halogens is 1. The fourth-order valence-corrected chi connectivity index (χ4v) is 3.08. The van der Waals surface area contributed by atoms with Gasteiger partial charge in [0.05, 0.1) is 6.10 Å². The van der Waals surface area contributed by atoms with Gasteiger partial charge in [-0.2, -0.15) is 0 Å². The van der Waals surface area contributed by atoms with Crippen LogP contribution >= 0.6 is 11.6 Å². The Hall–Kier alpha value is -2.15. The third kappa shape index (κ3) is 4.28. The van der Waals surface area contributed by atoms with Crippen molar-refractivity contribution in [3.05, 3.63) is 71.3 Å². The molecule has 2 aromatic heterocycles. The molecular formula is C18H22ClN5O. The maximum absolute atomic E-state index is 10.4. The maximum Gasteiger partial charge on any atom is 0.133 e. The van der Waals surface area contributed by atoms with Crippen molar-refractivity contribution < 1.29 is 5.11 Å². The van der Waals surface area contributed by atoms with E-state index in [1.807, 2.05) is 59.9 Å². The largest absolute Gasteiger partial charge is 0.391 e. The number of aliphatic hydroxyl groups excluding tert-OH is 1. The van der Waals surface area contributed by atoms with E-state index in [0.717, 1.165) is 17.2 Å². The molecule has 0 fully saturated rings. The van der Waals surface area contributed by atoms with Gasteiger partial charge < -0.3 is 14.2 Å². The Labute approximate surface area is 152 Å². The van der Waals surface area contributed by atoms with E-state index in [2.05, 4.69) is 15.3 Å². The Morgan fingerprint density at radius 1 is 1.12 bits per heavy atom. The number of benzene rings is 1. The van der Waals surface area contributed by atoms with Crippen LogP contribution in [-0.4, -0.2) is 36.9 Å². The Kier molecular flexibility index (Phi) is 5.53. The summed E-state index contributed by atoms with van der Waals surface area (Å²) in [6.07, 6.45) is 7.30. The molecule has 132 valence electrons. The van der Waals surface area contributed by atoms with Crippen molar-refractivity contribution in [2.75, 3.05) is 6.54 Å². The van der Waals surface area contributed by atoms with Gasteiger partial charge in [-0.1, -0.05) is 23.7 Å². The van der Waals surface area contributed by atoms with Gasteiger partial charge in [0.15, 0.2) is 0 Å². The minimum Gasteiger partial charge on any atom is -0.391 e. The molecule has 25 heavy (non-hydrogen) atoms. The molecule has 6 nitrogen and oxygen atoms in total. The fourth-order valence-electron chi connectivity index (χ4n) is 2.87. The zero-order valence-corrected chi connectivity index (χ0v) is 15.1.